The molecule has 1 saturated heterocycles. The number of rotatable bonds is 8. The van der Waals surface area contributed by atoms with Crippen molar-refractivity contribution in [3.8, 4) is 0 Å². The molecule has 0 aromatic carbocycles. The lowest BCUT2D eigenvalue weighted by Crippen LogP contribution is -2.47. The summed E-state index contributed by atoms with van der Waals surface area (Å²) in [5, 5.41) is 12.7. The predicted octanol–water partition coefficient (Wildman–Crippen LogP) is 0.536. The van der Waals surface area contributed by atoms with Gasteiger partial charge in [0, 0.05) is 26.2 Å². The first-order valence-corrected chi connectivity index (χ1v) is 7.90. The fraction of sp³-hybridized carbons (Fsp3) is 0.933. The molecule has 5 heteroatoms. The second kappa shape index (κ2) is 8.60. The summed E-state index contributed by atoms with van der Waals surface area (Å²) < 4.78 is 0. The molecule has 1 fully saturated rings. The van der Waals surface area contributed by atoms with E-state index in [4.69, 9.17) is 0 Å². The van der Waals surface area contributed by atoms with Crippen LogP contribution < -0.4 is 5.32 Å². The summed E-state index contributed by atoms with van der Waals surface area (Å²) in [4.78, 5) is 16.8. The summed E-state index contributed by atoms with van der Waals surface area (Å²) in [7, 11) is 0. The lowest BCUT2D eigenvalue weighted by molar-refractivity contribution is -0.134. The Labute approximate surface area is 123 Å². The van der Waals surface area contributed by atoms with Crippen LogP contribution in [-0.4, -0.2) is 72.2 Å². The van der Waals surface area contributed by atoms with Gasteiger partial charge >= 0.3 is 0 Å². The number of hydrogen-bond donors (Lipinski definition) is 2. The number of aliphatic hydroxyl groups is 1. The van der Waals surface area contributed by atoms with E-state index in [0.29, 0.717) is 18.9 Å². The van der Waals surface area contributed by atoms with Crippen molar-refractivity contribution in [3.63, 3.8) is 0 Å². The number of carbonyl (C=O) groups is 1. The molecule has 118 valence electrons. The molecule has 0 spiro atoms. The van der Waals surface area contributed by atoms with E-state index in [1.165, 1.54) is 0 Å². The highest BCUT2D eigenvalue weighted by molar-refractivity contribution is 5.82. The van der Waals surface area contributed by atoms with Gasteiger partial charge in [-0.1, -0.05) is 27.7 Å². The number of carbonyl (C=O) groups excluding carboxylic acids is 1. The molecule has 0 aromatic rings. The van der Waals surface area contributed by atoms with Crippen molar-refractivity contribution in [3.05, 3.63) is 0 Å². The SMILES string of the molecule is CCN(CC)CCN(CC(C)C)C(=O)C1CC(O)CN1. The fourth-order valence-corrected chi connectivity index (χ4v) is 2.66. The molecule has 1 amide bonds. The minimum atomic E-state index is -0.382. The third-order valence-electron chi connectivity index (χ3n) is 3.88. The Balaban J connectivity index is 2.56. The lowest BCUT2D eigenvalue weighted by Gasteiger charge is -2.29. The van der Waals surface area contributed by atoms with Crippen LogP contribution in [0.15, 0.2) is 0 Å². The first-order valence-electron chi connectivity index (χ1n) is 7.90. The number of amides is 1. The Bertz CT molecular complexity index is 293. The van der Waals surface area contributed by atoms with Gasteiger partial charge < -0.3 is 20.2 Å². The number of β-amino-alcohol motifs (C(OH)–C–C–N with tert-alkyl or cyclic N) is 1. The van der Waals surface area contributed by atoms with E-state index >= 15 is 0 Å². The summed E-state index contributed by atoms with van der Waals surface area (Å²) in [5.74, 6) is 0.601. The molecule has 0 saturated carbocycles. The molecule has 20 heavy (non-hydrogen) atoms. The first-order chi connectivity index (χ1) is 9.47. The van der Waals surface area contributed by atoms with Gasteiger partial charge in [0.1, 0.15) is 0 Å². The van der Waals surface area contributed by atoms with Gasteiger partial charge in [-0.05, 0) is 25.4 Å². The zero-order chi connectivity index (χ0) is 15.1. The second-order valence-corrected chi connectivity index (χ2v) is 6.06. The van der Waals surface area contributed by atoms with Gasteiger partial charge in [-0.15, -0.1) is 0 Å². The Morgan fingerprint density at radius 3 is 2.40 bits per heavy atom. The number of aliphatic hydroxyl groups excluding tert-OH is 1. The van der Waals surface area contributed by atoms with Crippen LogP contribution in [-0.2, 0) is 4.79 Å². The Morgan fingerprint density at radius 2 is 1.95 bits per heavy atom. The van der Waals surface area contributed by atoms with E-state index in [2.05, 4.69) is 37.9 Å². The number of nitrogens with zero attached hydrogens (tertiary/aromatic N) is 2. The van der Waals surface area contributed by atoms with Crippen molar-refractivity contribution in [1.82, 2.24) is 15.1 Å². The smallest absolute Gasteiger partial charge is 0.239 e. The molecule has 2 atom stereocenters. The summed E-state index contributed by atoms with van der Waals surface area (Å²) in [6.07, 6.45) is 0.159. The minimum absolute atomic E-state index is 0.141. The first kappa shape index (κ1) is 17.4. The van der Waals surface area contributed by atoms with E-state index in [9.17, 15) is 9.90 Å². The van der Waals surface area contributed by atoms with Gasteiger partial charge in [-0.2, -0.15) is 0 Å². The van der Waals surface area contributed by atoms with E-state index in [-0.39, 0.29) is 18.1 Å². The normalized spacial score (nSPS) is 22.8. The van der Waals surface area contributed by atoms with Crippen molar-refractivity contribution in [1.29, 1.82) is 0 Å². The standard InChI is InChI=1S/C15H31N3O2/c1-5-17(6-2)7-8-18(11-12(3)4)15(20)14-9-13(19)10-16-14/h12-14,16,19H,5-11H2,1-4H3. The zero-order valence-electron chi connectivity index (χ0n) is 13.4. The van der Waals surface area contributed by atoms with Gasteiger partial charge in [-0.3, -0.25) is 4.79 Å². The van der Waals surface area contributed by atoms with Crippen LogP contribution in [0.2, 0.25) is 0 Å². The predicted molar refractivity (Wildman–Crippen MR) is 81.6 cm³/mol. The zero-order valence-corrected chi connectivity index (χ0v) is 13.4. The average Bonchev–Trinajstić information content (AvgIpc) is 2.84. The van der Waals surface area contributed by atoms with Crippen LogP contribution in [0.3, 0.4) is 0 Å². The van der Waals surface area contributed by atoms with Gasteiger partial charge in [0.15, 0.2) is 0 Å². The molecule has 1 heterocycles. The Morgan fingerprint density at radius 1 is 1.30 bits per heavy atom. The van der Waals surface area contributed by atoms with E-state index in [0.717, 1.165) is 32.7 Å². The van der Waals surface area contributed by atoms with Crippen LogP contribution in [0, 0.1) is 5.92 Å². The average molecular weight is 285 g/mol. The monoisotopic (exact) mass is 285 g/mol. The molecule has 2 unspecified atom stereocenters. The fourth-order valence-electron chi connectivity index (χ4n) is 2.66. The summed E-state index contributed by atoms with van der Waals surface area (Å²) in [6.45, 7) is 13.6. The van der Waals surface area contributed by atoms with Gasteiger partial charge in [0.05, 0.1) is 12.1 Å². The molecule has 0 aromatic heterocycles. The van der Waals surface area contributed by atoms with Crippen LogP contribution >= 0.6 is 0 Å². The molecule has 0 radical (unpaired) electrons. The largest absolute Gasteiger partial charge is 0.392 e. The number of nitrogens with one attached hydrogen (secondary N) is 1. The van der Waals surface area contributed by atoms with Crippen LogP contribution in [0.1, 0.15) is 34.1 Å². The van der Waals surface area contributed by atoms with Crippen molar-refractivity contribution in [2.75, 3.05) is 39.3 Å². The van der Waals surface area contributed by atoms with Crippen molar-refractivity contribution < 1.29 is 9.90 Å². The van der Waals surface area contributed by atoms with Crippen LogP contribution in [0.4, 0.5) is 0 Å². The highest BCUT2D eigenvalue weighted by Crippen LogP contribution is 2.11. The molecule has 0 bridgehead atoms. The third kappa shape index (κ3) is 5.38. The highest BCUT2D eigenvalue weighted by atomic mass is 16.3. The van der Waals surface area contributed by atoms with Gasteiger partial charge in [0.25, 0.3) is 0 Å². The number of likely N-dealkylation sites (N-methyl/N-ethyl adjacent to an activating group) is 1. The molecule has 1 rings (SSSR count). The summed E-state index contributed by atoms with van der Waals surface area (Å²) in [6, 6.07) is -0.208. The van der Waals surface area contributed by atoms with Crippen molar-refractivity contribution in [2.24, 2.45) is 5.92 Å². The third-order valence-corrected chi connectivity index (χ3v) is 3.88. The second-order valence-electron chi connectivity index (χ2n) is 6.06. The minimum Gasteiger partial charge on any atom is -0.392 e. The molecule has 1 aliphatic heterocycles. The Kier molecular flexibility index (Phi) is 7.48. The number of hydrogen-bond acceptors (Lipinski definition) is 4. The lowest BCUT2D eigenvalue weighted by atomic mass is 10.1. The molecule has 1 aliphatic rings. The van der Waals surface area contributed by atoms with E-state index in [1.807, 2.05) is 4.90 Å². The van der Waals surface area contributed by atoms with Crippen molar-refractivity contribution in [2.45, 2.75) is 46.3 Å². The van der Waals surface area contributed by atoms with Crippen LogP contribution in [0.25, 0.3) is 0 Å². The maximum atomic E-state index is 12.5. The van der Waals surface area contributed by atoms with Crippen molar-refractivity contribution >= 4 is 5.91 Å². The van der Waals surface area contributed by atoms with E-state index < -0.39 is 0 Å². The summed E-state index contributed by atoms with van der Waals surface area (Å²) >= 11 is 0. The molecule has 0 aliphatic carbocycles. The maximum Gasteiger partial charge on any atom is 0.239 e. The van der Waals surface area contributed by atoms with Gasteiger partial charge in [-0.25, -0.2) is 0 Å². The van der Waals surface area contributed by atoms with E-state index in [1.54, 1.807) is 0 Å². The molecular weight excluding hydrogens is 254 g/mol. The Hall–Kier alpha value is -0.650. The summed E-state index contributed by atoms with van der Waals surface area (Å²) in [5.41, 5.74) is 0. The highest BCUT2D eigenvalue weighted by Gasteiger charge is 2.31. The molecule has 2 N–H and O–H groups in total. The molecular formula is C15H31N3O2. The topological polar surface area (TPSA) is 55.8 Å². The quantitative estimate of drug-likeness (QED) is 0.683. The molecule has 5 nitrogen and oxygen atoms in total. The van der Waals surface area contributed by atoms with Gasteiger partial charge in [0.2, 0.25) is 5.91 Å². The van der Waals surface area contributed by atoms with Crippen LogP contribution in [0.5, 0.6) is 0 Å². The maximum absolute atomic E-state index is 12.5.